The lowest BCUT2D eigenvalue weighted by molar-refractivity contribution is 0.109. The van der Waals surface area contributed by atoms with Crippen molar-refractivity contribution in [1.82, 2.24) is 4.90 Å². The van der Waals surface area contributed by atoms with Crippen molar-refractivity contribution in [2.45, 2.75) is 13.0 Å². The molecule has 0 amide bonds. The van der Waals surface area contributed by atoms with E-state index in [0.29, 0.717) is 12.1 Å². The number of hydrogen-bond donors (Lipinski definition) is 1. The molecule has 0 aliphatic carbocycles. The molecule has 0 saturated carbocycles. The van der Waals surface area contributed by atoms with Crippen LogP contribution in [0.1, 0.15) is 22.8 Å². The Hall–Kier alpha value is -2.35. The summed E-state index contributed by atoms with van der Waals surface area (Å²) < 4.78 is 0. The van der Waals surface area contributed by atoms with E-state index in [1.807, 2.05) is 12.1 Å². The van der Waals surface area contributed by atoms with Gasteiger partial charge in [0.15, 0.2) is 0 Å². The van der Waals surface area contributed by atoms with Crippen molar-refractivity contribution in [1.29, 1.82) is 5.26 Å². The lowest BCUT2D eigenvalue weighted by atomic mass is 10.1. The highest BCUT2D eigenvalue weighted by atomic mass is 16.3. The topological polar surface area (TPSA) is 50.5 Å². The van der Waals surface area contributed by atoms with E-state index in [4.69, 9.17) is 5.26 Å². The Labute approximate surface area is 143 Å². The van der Waals surface area contributed by atoms with Crippen molar-refractivity contribution < 1.29 is 5.11 Å². The molecular weight excluding hydrogens is 298 g/mol. The van der Waals surface area contributed by atoms with E-state index < -0.39 is 6.10 Å². The summed E-state index contributed by atoms with van der Waals surface area (Å²) in [4.78, 5) is 4.72. The first-order chi connectivity index (χ1) is 11.7. The number of anilines is 1. The quantitative estimate of drug-likeness (QED) is 0.941. The van der Waals surface area contributed by atoms with Gasteiger partial charge in [0.05, 0.1) is 17.7 Å². The fourth-order valence-corrected chi connectivity index (χ4v) is 3.22. The van der Waals surface area contributed by atoms with E-state index in [1.165, 1.54) is 11.3 Å². The Balaban J connectivity index is 1.55. The second-order valence-corrected chi connectivity index (χ2v) is 6.32. The maximum atomic E-state index is 10.4. The second-order valence-electron chi connectivity index (χ2n) is 6.32. The number of para-hydroxylation sites is 1. The monoisotopic (exact) mass is 321 g/mol. The first kappa shape index (κ1) is 16.5. The standard InChI is InChI=1S/C20H23N3O/c1-16-4-2-3-5-19(16)23-12-10-22(11-13-23)15-20(24)18-8-6-17(14-21)7-9-18/h2-9,20,24H,10-13,15H2,1H3. The Morgan fingerprint density at radius 1 is 1.04 bits per heavy atom. The van der Waals surface area contributed by atoms with E-state index in [-0.39, 0.29) is 0 Å². The van der Waals surface area contributed by atoms with Gasteiger partial charge < -0.3 is 10.0 Å². The van der Waals surface area contributed by atoms with Crippen molar-refractivity contribution >= 4 is 5.69 Å². The molecule has 4 heteroatoms. The molecule has 24 heavy (non-hydrogen) atoms. The number of aryl methyl sites for hydroxylation is 1. The minimum absolute atomic E-state index is 0.511. The molecule has 124 valence electrons. The number of β-amino-alcohol motifs (C(OH)–C–C–N with tert-alkyl or cyclic N) is 1. The lowest BCUT2D eigenvalue weighted by Crippen LogP contribution is -2.47. The van der Waals surface area contributed by atoms with Gasteiger partial charge in [-0.15, -0.1) is 0 Å². The van der Waals surface area contributed by atoms with Crippen LogP contribution in [0.4, 0.5) is 5.69 Å². The number of nitrogens with zero attached hydrogens (tertiary/aromatic N) is 3. The summed E-state index contributed by atoms with van der Waals surface area (Å²) >= 11 is 0. The predicted molar refractivity (Wildman–Crippen MR) is 95.9 cm³/mol. The molecule has 1 heterocycles. The Morgan fingerprint density at radius 2 is 1.71 bits per heavy atom. The third kappa shape index (κ3) is 3.76. The molecule has 0 aromatic heterocycles. The van der Waals surface area contributed by atoms with E-state index in [1.54, 1.807) is 12.1 Å². The molecule has 1 aliphatic heterocycles. The first-order valence-electron chi connectivity index (χ1n) is 8.38. The van der Waals surface area contributed by atoms with Gasteiger partial charge >= 0.3 is 0 Å². The van der Waals surface area contributed by atoms with Crippen molar-refractivity contribution in [3.05, 3.63) is 65.2 Å². The SMILES string of the molecule is Cc1ccccc1N1CCN(CC(O)c2ccc(C#N)cc2)CC1. The van der Waals surface area contributed by atoms with Gasteiger partial charge in [-0.3, -0.25) is 4.90 Å². The number of hydrogen-bond acceptors (Lipinski definition) is 4. The molecular formula is C20H23N3O. The zero-order chi connectivity index (χ0) is 16.9. The summed E-state index contributed by atoms with van der Waals surface area (Å²) in [5.41, 5.74) is 4.11. The van der Waals surface area contributed by atoms with Crippen LogP contribution in [-0.2, 0) is 0 Å². The maximum absolute atomic E-state index is 10.4. The van der Waals surface area contributed by atoms with Gasteiger partial charge in [0.2, 0.25) is 0 Å². The maximum Gasteiger partial charge on any atom is 0.0991 e. The van der Waals surface area contributed by atoms with Crippen LogP contribution in [-0.4, -0.2) is 42.7 Å². The van der Waals surface area contributed by atoms with Crippen molar-refractivity contribution in [3.8, 4) is 6.07 Å². The van der Waals surface area contributed by atoms with Gasteiger partial charge in [0.25, 0.3) is 0 Å². The fraction of sp³-hybridized carbons (Fsp3) is 0.350. The molecule has 0 bridgehead atoms. The first-order valence-corrected chi connectivity index (χ1v) is 8.38. The third-order valence-corrected chi connectivity index (χ3v) is 4.68. The largest absolute Gasteiger partial charge is 0.387 e. The molecule has 4 nitrogen and oxygen atoms in total. The molecule has 0 spiro atoms. The highest BCUT2D eigenvalue weighted by molar-refractivity contribution is 5.53. The second kappa shape index (κ2) is 7.48. The highest BCUT2D eigenvalue weighted by Gasteiger charge is 2.20. The summed E-state index contributed by atoms with van der Waals surface area (Å²) in [5, 5.41) is 19.3. The van der Waals surface area contributed by atoms with Gasteiger partial charge in [-0.1, -0.05) is 30.3 Å². The summed E-state index contributed by atoms with van der Waals surface area (Å²) in [6.45, 7) is 6.63. The Morgan fingerprint density at radius 3 is 2.33 bits per heavy atom. The zero-order valence-electron chi connectivity index (χ0n) is 14.0. The number of aliphatic hydroxyl groups excluding tert-OH is 1. The smallest absolute Gasteiger partial charge is 0.0991 e. The van der Waals surface area contributed by atoms with Gasteiger partial charge in [-0.25, -0.2) is 0 Å². The van der Waals surface area contributed by atoms with Gasteiger partial charge in [-0.2, -0.15) is 5.26 Å². The molecule has 1 N–H and O–H groups in total. The van der Waals surface area contributed by atoms with Gasteiger partial charge in [0.1, 0.15) is 0 Å². The molecule has 2 aromatic rings. The van der Waals surface area contributed by atoms with Crippen molar-refractivity contribution in [2.75, 3.05) is 37.6 Å². The fourth-order valence-electron chi connectivity index (χ4n) is 3.22. The number of nitriles is 1. The zero-order valence-corrected chi connectivity index (χ0v) is 14.0. The van der Waals surface area contributed by atoms with Crippen LogP contribution >= 0.6 is 0 Å². The summed E-state index contributed by atoms with van der Waals surface area (Å²) in [6, 6.07) is 17.8. The number of piperazine rings is 1. The molecule has 1 aliphatic rings. The van der Waals surface area contributed by atoms with Crippen LogP contribution in [0.2, 0.25) is 0 Å². The minimum atomic E-state index is -0.511. The van der Waals surface area contributed by atoms with E-state index in [2.05, 4.69) is 47.1 Å². The van der Waals surface area contributed by atoms with Gasteiger partial charge in [-0.05, 0) is 36.2 Å². The van der Waals surface area contributed by atoms with Gasteiger partial charge in [0, 0.05) is 38.4 Å². The van der Waals surface area contributed by atoms with Crippen LogP contribution < -0.4 is 4.90 Å². The number of aliphatic hydroxyl groups is 1. The van der Waals surface area contributed by atoms with Crippen molar-refractivity contribution in [2.24, 2.45) is 0 Å². The summed E-state index contributed by atoms with van der Waals surface area (Å²) in [5.74, 6) is 0. The van der Waals surface area contributed by atoms with Crippen molar-refractivity contribution in [3.63, 3.8) is 0 Å². The lowest BCUT2D eigenvalue weighted by Gasteiger charge is -2.37. The molecule has 1 unspecified atom stereocenters. The molecule has 3 rings (SSSR count). The third-order valence-electron chi connectivity index (χ3n) is 4.68. The van der Waals surface area contributed by atoms with Crippen LogP contribution in [0.5, 0.6) is 0 Å². The molecule has 2 aromatic carbocycles. The molecule has 1 fully saturated rings. The summed E-state index contributed by atoms with van der Waals surface area (Å²) in [7, 11) is 0. The number of rotatable bonds is 4. The van der Waals surface area contributed by atoms with E-state index >= 15 is 0 Å². The van der Waals surface area contributed by atoms with E-state index in [9.17, 15) is 5.11 Å². The van der Waals surface area contributed by atoms with Crippen LogP contribution in [0.15, 0.2) is 48.5 Å². The predicted octanol–water partition coefficient (Wildman–Crippen LogP) is 2.72. The molecule has 1 saturated heterocycles. The van der Waals surface area contributed by atoms with E-state index in [0.717, 1.165) is 31.7 Å². The van der Waals surface area contributed by atoms with Crippen LogP contribution in [0.3, 0.4) is 0 Å². The highest BCUT2D eigenvalue weighted by Crippen LogP contribution is 2.22. The number of benzene rings is 2. The molecule has 1 atom stereocenters. The van der Waals surface area contributed by atoms with Crippen LogP contribution in [0, 0.1) is 18.3 Å². The molecule has 0 radical (unpaired) electrons. The normalized spacial score (nSPS) is 16.6. The van der Waals surface area contributed by atoms with Crippen LogP contribution in [0.25, 0.3) is 0 Å². The minimum Gasteiger partial charge on any atom is -0.387 e. The average Bonchev–Trinajstić information content (AvgIpc) is 2.63. The Kier molecular flexibility index (Phi) is 5.14. The summed E-state index contributed by atoms with van der Waals surface area (Å²) in [6.07, 6.45) is -0.511. The average molecular weight is 321 g/mol. The Bertz CT molecular complexity index is 712.